The van der Waals surface area contributed by atoms with Crippen molar-refractivity contribution in [1.29, 1.82) is 0 Å². The van der Waals surface area contributed by atoms with E-state index in [-0.39, 0.29) is 17.5 Å². The monoisotopic (exact) mass is 344 g/mol. The molecule has 1 atom stereocenters. The van der Waals surface area contributed by atoms with Crippen molar-refractivity contribution in [3.63, 3.8) is 0 Å². The molecule has 8 heteroatoms. The first-order valence-corrected chi connectivity index (χ1v) is 9.12. The van der Waals surface area contributed by atoms with Gasteiger partial charge in [0, 0.05) is 17.4 Å². The highest BCUT2D eigenvalue weighted by Crippen LogP contribution is 2.37. The molecule has 0 amide bonds. The number of hydrogen-bond acceptors (Lipinski definition) is 5. The van der Waals surface area contributed by atoms with Gasteiger partial charge in [0.25, 0.3) is 0 Å². The summed E-state index contributed by atoms with van der Waals surface area (Å²) in [4.78, 5) is 4.20. The highest BCUT2D eigenvalue weighted by atomic mass is 35.5. The fourth-order valence-electron chi connectivity index (χ4n) is 2.19. The van der Waals surface area contributed by atoms with Crippen LogP contribution in [-0.2, 0) is 23.0 Å². The van der Waals surface area contributed by atoms with Crippen molar-refractivity contribution in [1.82, 2.24) is 9.71 Å². The molecule has 1 aliphatic rings. The van der Waals surface area contributed by atoms with E-state index in [1.54, 1.807) is 17.0 Å². The Bertz CT molecular complexity index is 760. The highest BCUT2D eigenvalue weighted by Gasteiger charge is 2.25. The molecule has 1 aromatic heterocycles. The van der Waals surface area contributed by atoms with Crippen LogP contribution in [0.2, 0.25) is 5.02 Å². The summed E-state index contributed by atoms with van der Waals surface area (Å²) in [5, 5.41) is 2.12. The number of halogens is 1. The average molecular weight is 345 g/mol. The highest BCUT2D eigenvalue weighted by molar-refractivity contribution is 7.89. The molecule has 112 valence electrons. The second-order valence-electron chi connectivity index (χ2n) is 4.83. The van der Waals surface area contributed by atoms with E-state index in [2.05, 4.69) is 9.71 Å². The van der Waals surface area contributed by atoms with Crippen LogP contribution in [0.1, 0.15) is 18.2 Å². The zero-order valence-corrected chi connectivity index (χ0v) is 13.6. The second-order valence-corrected chi connectivity index (χ2v) is 7.72. The molecule has 0 saturated carbocycles. The lowest BCUT2D eigenvalue weighted by atomic mass is 10.1. The van der Waals surface area contributed by atoms with Crippen molar-refractivity contribution in [3.8, 4) is 5.75 Å². The predicted molar refractivity (Wildman–Crippen MR) is 81.4 cm³/mol. The molecule has 0 aliphatic carbocycles. The van der Waals surface area contributed by atoms with Gasteiger partial charge in [-0.3, -0.25) is 0 Å². The van der Waals surface area contributed by atoms with Crippen LogP contribution in [0.3, 0.4) is 0 Å². The van der Waals surface area contributed by atoms with Crippen LogP contribution in [0, 0.1) is 0 Å². The summed E-state index contributed by atoms with van der Waals surface area (Å²) in [5.74, 6) is 0.586. The van der Waals surface area contributed by atoms with Crippen molar-refractivity contribution in [2.45, 2.75) is 30.9 Å². The minimum Gasteiger partial charge on any atom is -0.489 e. The lowest BCUT2D eigenvalue weighted by molar-refractivity contribution is 0.255. The van der Waals surface area contributed by atoms with Gasteiger partial charge in [-0.1, -0.05) is 11.6 Å². The predicted octanol–water partition coefficient (Wildman–Crippen LogP) is 2.60. The van der Waals surface area contributed by atoms with Crippen molar-refractivity contribution < 1.29 is 13.2 Å². The normalized spacial score (nSPS) is 17.5. The summed E-state index contributed by atoms with van der Waals surface area (Å²) < 4.78 is 32.7. The topological polar surface area (TPSA) is 68.3 Å². The van der Waals surface area contributed by atoms with E-state index in [0.717, 1.165) is 5.56 Å². The van der Waals surface area contributed by atoms with Crippen LogP contribution in [0.4, 0.5) is 0 Å². The number of thiazole rings is 1. The van der Waals surface area contributed by atoms with Crippen molar-refractivity contribution in [2.24, 2.45) is 0 Å². The summed E-state index contributed by atoms with van der Waals surface area (Å²) in [6, 6.07) is 3.04. The number of sulfonamides is 1. The Morgan fingerprint density at radius 1 is 1.52 bits per heavy atom. The summed E-state index contributed by atoms with van der Waals surface area (Å²) in [6.45, 7) is 2.08. The molecule has 5 nitrogen and oxygen atoms in total. The Labute approximate surface area is 132 Å². The van der Waals surface area contributed by atoms with Gasteiger partial charge in [0.1, 0.15) is 11.9 Å². The molecular weight excluding hydrogens is 332 g/mol. The van der Waals surface area contributed by atoms with E-state index in [0.29, 0.717) is 22.9 Å². The third-order valence-electron chi connectivity index (χ3n) is 3.16. The maximum Gasteiger partial charge on any atom is 0.240 e. The summed E-state index contributed by atoms with van der Waals surface area (Å²) in [6.07, 6.45) is 0.670. The van der Waals surface area contributed by atoms with E-state index >= 15 is 0 Å². The first-order chi connectivity index (χ1) is 9.95. The third kappa shape index (κ3) is 3.06. The average Bonchev–Trinajstić information content (AvgIpc) is 3.05. The summed E-state index contributed by atoms with van der Waals surface area (Å²) in [5.41, 5.74) is 3.17. The summed E-state index contributed by atoms with van der Waals surface area (Å²) >= 11 is 7.54. The molecule has 0 saturated heterocycles. The molecule has 0 fully saturated rings. The number of benzene rings is 1. The molecule has 2 heterocycles. The minimum absolute atomic E-state index is 0.0124. The molecule has 0 spiro atoms. The van der Waals surface area contributed by atoms with Crippen LogP contribution in [0.15, 0.2) is 27.9 Å². The third-order valence-corrected chi connectivity index (χ3v) is 5.45. The Balaban J connectivity index is 1.86. The molecule has 0 bridgehead atoms. The molecule has 1 N–H and O–H groups in total. The zero-order chi connectivity index (χ0) is 15.0. The maximum absolute atomic E-state index is 12.3. The Kier molecular flexibility index (Phi) is 3.92. The van der Waals surface area contributed by atoms with E-state index < -0.39 is 10.0 Å². The lowest BCUT2D eigenvalue weighted by Crippen LogP contribution is -2.23. The molecule has 3 rings (SSSR count). The lowest BCUT2D eigenvalue weighted by Gasteiger charge is -2.09. The molecular formula is C13H13ClN2O3S2. The van der Waals surface area contributed by atoms with Gasteiger partial charge in [-0.05, 0) is 19.1 Å². The van der Waals surface area contributed by atoms with Crippen LogP contribution >= 0.6 is 22.9 Å². The Morgan fingerprint density at radius 3 is 3.05 bits per heavy atom. The number of aromatic nitrogens is 1. The first-order valence-electron chi connectivity index (χ1n) is 6.31. The van der Waals surface area contributed by atoms with Crippen LogP contribution in [-0.4, -0.2) is 19.5 Å². The number of hydrogen-bond donors (Lipinski definition) is 1. The van der Waals surface area contributed by atoms with Crippen molar-refractivity contribution in [2.75, 3.05) is 0 Å². The maximum atomic E-state index is 12.3. The van der Waals surface area contributed by atoms with Gasteiger partial charge in [0.15, 0.2) is 0 Å². The molecule has 2 aromatic rings. The minimum atomic E-state index is -3.62. The number of rotatable bonds is 4. The van der Waals surface area contributed by atoms with Gasteiger partial charge >= 0.3 is 0 Å². The SMILES string of the molecule is C[C@@H]1Cc2cc(S(=O)(=O)NCc3cscn3)cc(Cl)c2O1. The van der Waals surface area contributed by atoms with Gasteiger partial charge in [0.2, 0.25) is 10.0 Å². The van der Waals surface area contributed by atoms with Gasteiger partial charge in [0.05, 0.1) is 27.7 Å². The molecule has 21 heavy (non-hydrogen) atoms. The van der Waals surface area contributed by atoms with Gasteiger partial charge < -0.3 is 4.74 Å². The summed E-state index contributed by atoms with van der Waals surface area (Å²) in [7, 11) is -3.62. The largest absolute Gasteiger partial charge is 0.489 e. The van der Waals surface area contributed by atoms with E-state index in [1.165, 1.54) is 17.4 Å². The van der Waals surface area contributed by atoms with Crippen LogP contribution in [0.5, 0.6) is 5.75 Å². The van der Waals surface area contributed by atoms with E-state index in [4.69, 9.17) is 16.3 Å². The quantitative estimate of drug-likeness (QED) is 0.925. The fraction of sp³-hybridized carbons (Fsp3) is 0.308. The van der Waals surface area contributed by atoms with Crippen LogP contribution in [0.25, 0.3) is 0 Å². The van der Waals surface area contributed by atoms with E-state index in [9.17, 15) is 8.42 Å². The number of fused-ring (bicyclic) bond motifs is 1. The second kappa shape index (κ2) is 5.57. The smallest absolute Gasteiger partial charge is 0.240 e. The van der Waals surface area contributed by atoms with E-state index in [1.807, 2.05) is 6.92 Å². The molecule has 0 unspecified atom stereocenters. The molecule has 1 aromatic carbocycles. The molecule has 1 aliphatic heterocycles. The Hall–Kier alpha value is -1.15. The van der Waals surface area contributed by atoms with Gasteiger partial charge in [-0.15, -0.1) is 11.3 Å². The van der Waals surface area contributed by atoms with Crippen molar-refractivity contribution >= 4 is 33.0 Å². The van der Waals surface area contributed by atoms with Gasteiger partial charge in [-0.25, -0.2) is 18.1 Å². The Morgan fingerprint density at radius 2 is 2.33 bits per heavy atom. The number of ether oxygens (including phenoxy) is 1. The first kappa shape index (κ1) is 14.8. The standard InChI is InChI=1S/C13H13ClN2O3S2/c1-8-2-9-3-11(4-12(14)13(9)19-8)21(17,18)16-5-10-6-20-7-15-10/h3-4,6-8,16H,2,5H2,1H3/t8-/m1/s1. The molecule has 0 radical (unpaired) electrons. The van der Waals surface area contributed by atoms with Crippen LogP contribution < -0.4 is 9.46 Å². The zero-order valence-electron chi connectivity index (χ0n) is 11.2. The van der Waals surface area contributed by atoms with Crippen molar-refractivity contribution in [3.05, 3.63) is 39.3 Å². The fourth-order valence-corrected chi connectivity index (χ4v) is 4.17. The number of nitrogens with zero attached hydrogens (tertiary/aromatic N) is 1. The number of nitrogens with one attached hydrogen (secondary N) is 1. The van der Waals surface area contributed by atoms with Gasteiger partial charge in [-0.2, -0.15) is 0 Å².